The van der Waals surface area contributed by atoms with E-state index in [2.05, 4.69) is 10.3 Å². The first-order valence-electron chi connectivity index (χ1n) is 10.3. The average Bonchev–Trinajstić information content (AvgIpc) is 2.85. The van der Waals surface area contributed by atoms with Crippen LogP contribution in [-0.2, 0) is 17.1 Å². The van der Waals surface area contributed by atoms with E-state index < -0.39 is 29.5 Å². The highest BCUT2D eigenvalue weighted by Gasteiger charge is 2.37. The quantitative estimate of drug-likeness (QED) is 0.590. The van der Waals surface area contributed by atoms with Crippen molar-refractivity contribution in [2.75, 3.05) is 32.1 Å². The molecular formula is C22H28F6N4O. The highest BCUT2D eigenvalue weighted by atomic mass is 19.4. The summed E-state index contributed by atoms with van der Waals surface area (Å²) in [5.74, 6) is -0.228. The van der Waals surface area contributed by atoms with Crippen LogP contribution in [0.3, 0.4) is 0 Å². The van der Waals surface area contributed by atoms with Gasteiger partial charge < -0.3 is 10.2 Å². The molecule has 0 radical (unpaired) electrons. The van der Waals surface area contributed by atoms with Gasteiger partial charge in [0.05, 0.1) is 29.4 Å². The lowest BCUT2D eigenvalue weighted by Gasteiger charge is -2.27. The van der Waals surface area contributed by atoms with Gasteiger partial charge in [-0.3, -0.25) is 14.7 Å². The fraction of sp³-hybridized carbons (Fsp3) is 0.545. The molecule has 0 saturated carbocycles. The van der Waals surface area contributed by atoms with Gasteiger partial charge in [-0.15, -0.1) is 0 Å². The Morgan fingerprint density at radius 3 is 2.09 bits per heavy atom. The van der Waals surface area contributed by atoms with Crippen molar-refractivity contribution in [1.29, 1.82) is 0 Å². The zero-order valence-corrected chi connectivity index (χ0v) is 19.1. The highest BCUT2D eigenvalue weighted by Crippen LogP contribution is 2.38. The number of alkyl halides is 6. The Labute approximate surface area is 189 Å². The first-order valence-corrected chi connectivity index (χ1v) is 10.3. The van der Waals surface area contributed by atoms with Crippen molar-refractivity contribution < 1.29 is 31.1 Å². The van der Waals surface area contributed by atoms with Crippen LogP contribution in [0, 0.1) is 5.92 Å². The number of carbonyl (C=O) groups excluding carboxylic acids is 1. The lowest BCUT2D eigenvalue weighted by Crippen LogP contribution is -2.47. The Morgan fingerprint density at radius 2 is 1.64 bits per heavy atom. The van der Waals surface area contributed by atoms with Crippen LogP contribution in [0.15, 0.2) is 35.1 Å². The summed E-state index contributed by atoms with van der Waals surface area (Å²) in [5, 5.41) is 2.76. The molecule has 1 N–H and O–H groups in total. The number of carbonyl (C=O) groups is 1. The Hall–Kier alpha value is -2.56. The Balaban J connectivity index is 2.38. The van der Waals surface area contributed by atoms with Crippen LogP contribution in [0.1, 0.15) is 38.3 Å². The van der Waals surface area contributed by atoms with E-state index in [-0.39, 0.29) is 36.7 Å². The van der Waals surface area contributed by atoms with Gasteiger partial charge in [-0.1, -0.05) is 13.8 Å². The monoisotopic (exact) mass is 478 g/mol. The van der Waals surface area contributed by atoms with Gasteiger partial charge in [-0.2, -0.15) is 26.3 Å². The van der Waals surface area contributed by atoms with Crippen LogP contribution in [-0.4, -0.2) is 49.7 Å². The number of aliphatic imine (C=N–C) groups is 1. The van der Waals surface area contributed by atoms with E-state index in [0.29, 0.717) is 30.0 Å². The van der Waals surface area contributed by atoms with Gasteiger partial charge in [0, 0.05) is 30.6 Å². The highest BCUT2D eigenvalue weighted by molar-refractivity contribution is 5.85. The number of nitrogens with zero attached hydrogens (tertiary/aromatic N) is 3. The number of hydrogen-bond acceptors (Lipinski definition) is 4. The third-order valence-electron chi connectivity index (χ3n) is 5.16. The van der Waals surface area contributed by atoms with Crippen LogP contribution in [0.2, 0.25) is 0 Å². The Morgan fingerprint density at radius 1 is 1.09 bits per heavy atom. The summed E-state index contributed by atoms with van der Waals surface area (Å²) in [4.78, 5) is 20.1. The van der Waals surface area contributed by atoms with Crippen LogP contribution in [0.5, 0.6) is 0 Å². The summed E-state index contributed by atoms with van der Waals surface area (Å²) in [7, 11) is 3.54. The molecule has 0 aromatic heterocycles. The van der Waals surface area contributed by atoms with Crippen molar-refractivity contribution in [3.8, 4) is 0 Å². The molecule has 1 heterocycles. The lowest BCUT2D eigenvalue weighted by molar-refractivity contribution is -0.143. The number of rotatable bonds is 6. The molecule has 1 aliphatic heterocycles. The molecule has 2 rings (SSSR count). The number of anilines is 1. The van der Waals surface area contributed by atoms with E-state index >= 15 is 0 Å². The number of benzene rings is 1. The SMILES string of the molecule is CC1=NC(CNC(=O)C(C(C)C)N(C)C)=CN(c2cc(C(F)(F)F)cc(C(F)(F)F)c2)CC1. The molecule has 0 saturated heterocycles. The summed E-state index contributed by atoms with van der Waals surface area (Å²) in [6.07, 6.45) is -8.16. The molecule has 1 atom stereocenters. The van der Waals surface area contributed by atoms with Crippen molar-refractivity contribution >= 4 is 17.3 Å². The van der Waals surface area contributed by atoms with E-state index in [1.54, 1.807) is 25.9 Å². The van der Waals surface area contributed by atoms with E-state index in [1.807, 2.05) is 13.8 Å². The minimum Gasteiger partial charge on any atom is -0.349 e. The molecule has 0 aliphatic carbocycles. The minimum atomic E-state index is -4.94. The van der Waals surface area contributed by atoms with Crippen LogP contribution < -0.4 is 10.2 Å². The molecule has 1 aromatic rings. The summed E-state index contributed by atoms with van der Waals surface area (Å²) in [6.45, 7) is 5.62. The number of amides is 1. The third-order valence-corrected chi connectivity index (χ3v) is 5.16. The number of hydrogen-bond donors (Lipinski definition) is 1. The van der Waals surface area contributed by atoms with Gasteiger partial charge >= 0.3 is 12.4 Å². The maximum atomic E-state index is 13.3. The number of likely N-dealkylation sites (N-methyl/N-ethyl adjacent to an activating group) is 1. The summed E-state index contributed by atoms with van der Waals surface area (Å²) in [6, 6.07) is 1.06. The predicted octanol–water partition coefficient (Wildman–Crippen LogP) is 4.94. The van der Waals surface area contributed by atoms with Crippen LogP contribution >= 0.6 is 0 Å². The molecule has 0 fully saturated rings. The van der Waals surface area contributed by atoms with Crippen LogP contribution in [0.4, 0.5) is 32.0 Å². The lowest BCUT2D eigenvalue weighted by atomic mass is 10.0. The van der Waals surface area contributed by atoms with Gasteiger partial charge in [0.15, 0.2) is 0 Å². The smallest absolute Gasteiger partial charge is 0.349 e. The number of halogens is 6. The summed E-state index contributed by atoms with van der Waals surface area (Å²) < 4.78 is 79.6. The summed E-state index contributed by atoms with van der Waals surface area (Å²) >= 11 is 0. The van der Waals surface area contributed by atoms with E-state index in [4.69, 9.17) is 0 Å². The molecule has 5 nitrogen and oxygen atoms in total. The average molecular weight is 478 g/mol. The van der Waals surface area contributed by atoms with E-state index in [1.165, 1.54) is 11.1 Å². The first kappa shape index (κ1) is 26.7. The van der Waals surface area contributed by atoms with Gasteiger partial charge in [0.25, 0.3) is 0 Å². The molecule has 33 heavy (non-hydrogen) atoms. The summed E-state index contributed by atoms with van der Waals surface area (Å²) in [5.41, 5.74) is -2.05. The second kappa shape index (κ2) is 10.1. The number of nitrogens with one attached hydrogen (secondary N) is 1. The van der Waals surface area contributed by atoms with Gasteiger partial charge in [-0.05, 0) is 45.1 Å². The molecule has 1 aliphatic rings. The second-order valence-electron chi connectivity index (χ2n) is 8.55. The van der Waals surface area contributed by atoms with E-state index in [0.717, 1.165) is 0 Å². The maximum absolute atomic E-state index is 13.3. The molecule has 11 heteroatoms. The van der Waals surface area contributed by atoms with Crippen molar-refractivity contribution in [3.63, 3.8) is 0 Å². The van der Waals surface area contributed by atoms with Gasteiger partial charge in [0.2, 0.25) is 5.91 Å². The zero-order chi connectivity index (χ0) is 25.1. The largest absolute Gasteiger partial charge is 0.416 e. The predicted molar refractivity (Wildman–Crippen MR) is 115 cm³/mol. The van der Waals surface area contributed by atoms with Crippen LogP contribution in [0.25, 0.3) is 0 Å². The van der Waals surface area contributed by atoms with Gasteiger partial charge in [0.1, 0.15) is 0 Å². The van der Waals surface area contributed by atoms with Crippen molar-refractivity contribution in [2.24, 2.45) is 10.9 Å². The fourth-order valence-electron chi connectivity index (χ4n) is 3.67. The second-order valence-corrected chi connectivity index (χ2v) is 8.55. The molecule has 0 spiro atoms. The van der Waals surface area contributed by atoms with Gasteiger partial charge in [-0.25, -0.2) is 0 Å². The zero-order valence-electron chi connectivity index (χ0n) is 19.1. The molecule has 1 amide bonds. The van der Waals surface area contributed by atoms with E-state index in [9.17, 15) is 31.1 Å². The van der Waals surface area contributed by atoms with Crippen molar-refractivity contribution in [1.82, 2.24) is 10.2 Å². The molecular weight excluding hydrogens is 450 g/mol. The molecule has 1 unspecified atom stereocenters. The minimum absolute atomic E-state index is 0.0190. The fourth-order valence-corrected chi connectivity index (χ4v) is 3.67. The topological polar surface area (TPSA) is 47.9 Å². The Bertz CT molecular complexity index is 878. The van der Waals surface area contributed by atoms with Crippen molar-refractivity contribution in [3.05, 3.63) is 41.2 Å². The first-order chi connectivity index (χ1) is 15.1. The van der Waals surface area contributed by atoms with Crippen molar-refractivity contribution in [2.45, 2.75) is 45.6 Å². The molecule has 184 valence electrons. The standard InChI is InChI=1S/C22H28F6N4O/c1-13(2)19(31(4)5)20(33)29-11-17-12-32(7-6-14(3)30-17)18-9-15(21(23,24)25)8-16(10-18)22(26,27)28/h8-10,12-13,19H,6-7,11H2,1-5H3,(H,29,33). The maximum Gasteiger partial charge on any atom is 0.416 e. The normalized spacial score (nSPS) is 16.5. The third kappa shape index (κ3) is 7.21. The molecule has 0 bridgehead atoms. The Kier molecular flexibility index (Phi) is 8.21. The molecule has 1 aromatic carbocycles.